The number of benzene rings is 1. The van der Waals surface area contributed by atoms with Crippen LogP contribution in [0, 0.1) is 0 Å². The van der Waals surface area contributed by atoms with Crippen LogP contribution in [0.4, 0.5) is 26.3 Å². The Labute approximate surface area is 141 Å². The number of alkyl halides is 6. The maximum Gasteiger partial charge on any atom is 0.573 e. The molecule has 25 heavy (non-hydrogen) atoms. The summed E-state index contributed by atoms with van der Waals surface area (Å²) in [5.41, 5.74) is 0.878. The predicted octanol–water partition coefficient (Wildman–Crippen LogP) is 4.12. The van der Waals surface area contributed by atoms with Crippen LogP contribution >= 0.6 is 0 Å². The molecule has 1 unspecified atom stereocenters. The summed E-state index contributed by atoms with van der Waals surface area (Å²) in [7, 11) is 0. The number of aliphatic hydroxyl groups excluding tert-OH is 1. The van der Waals surface area contributed by atoms with Crippen molar-refractivity contribution in [3.8, 4) is 5.75 Å². The van der Waals surface area contributed by atoms with Gasteiger partial charge in [0.25, 0.3) is 0 Å². The maximum atomic E-state index is 12.3. The number of ether oxygens (including phenoxy) is 1. The van der Waals surface area contributed by atoms with Gasteiger partial charge >= 0.3 is 12.5 Å². The standard InChI is InChI=1S/C16H19F6NO2/c17-15(18,19)14(24)9-23-12-5-1-10(2-6-12)11-3-7-13(8-4-11)25-16(20,21)22/h3-4,7-8,10,12,14,23-24H,1-2,5-6,9H2. The molecule has 2 N–H and O–H groups in total. The molecule has 142 valence electrons. The Morgan fingerprint density at radius 1 is 1.00 bits per heavy atom. The molecule has 1 aromatic rings. The molecule has 3 nitrogen and oxygen atoms in total. The second-order valence-electron chi connectivity index (χ2n) is 6.13. The molecule has 0 amide bonds. The molecule has 1 fully saturated rings. The summed E-state index contributed by atoms with van der Waals surface area (Å²) in [4.78, 5) is 0. The van der Waals surface area contributed by atoms with Crippen LogP contribution in [0.2, 0.25) is 0 Å². The van der Waals surface area contributed by atoms with Gasteiger partial charge in [0.2, 0.25) is 0 Å². The maximum absolute atomic E-state index is 12.3. The molecule has 1 aliphatic carbocycles. The van der Waals surface area contributed by atoms with Crippen LogP contribution in [0.25, 0.3) is 0 Å². The summed E-state index contributed by atoms with van der Waals surface area (Å²) in [5, 5.41) is 11.7. The fraction of sp³-hybridized carbons (Fsp3) is 0.625. The second kappa shape index (κ2) is 7.82. The van der Waals surface area contributed by atoms with Crippen LogP contribution in [0.1, 0.15) is 37.2 Å². The lowest BCUT2D eigenvalue weighted by atomic mass is 9.81. The lowest BCUT2D eigenvalue weighted by molar-refractivity contribution is -0.274. The van der Waals surface area contributed by atoms with Gasteiger partial charge in [0, 0.05) is 12.6 Å². The monoisotopic (exact) mass is 371 g/mol. The molecule has 0 aliphatic heterocycles. The van der Waals surface area contributed by atoms with Crippen molar-refractivity contribution < 1.29 is 36.2 Å². The topological polar surface area (TPSA) is 41.5 Å². The minimum atomic E-state index is -4.73. The first-order valence-corrected chi connectivity index (χ1v) is 7.88. The SMILES string of the molecule is OC(CNC1CCC(c2ccc(OC(F)(F)F)cc2)CC1)C(F)(F)F. The third kappa shape index (κ3) is 6.39. The summed E-state index contributed by atoms with van der Waals surface area (Å²) in [6.45, 7) is -0.539. The van der Waals surface area contributed by atoms with Gasteiger partial charge in [-0.25, -0.2) is 0 Å². The molecule has 0 spiro atoms. The molecule has 0 saturated heterocycles. The number of hydrogen-bond acceptors (Lipinski definition) is 3. The van der Waals surface area contributed by atoms with E-state index in [-0.39, 0.29) is 17.7 Å². The highest BCUT2D eigenvalue weighted by molar-refractivity contribution is 5.29. The Bertz CT molecular complexity index is 535. The van der Waals surface area contributed by atoms with E-state index in [1.54, 1.807) is 12.1 Å². The Morgan fingerprint density at radius 3 is 2.04 bits per heavy atom. The highest BCUT2D eigenvalue weighted by Crippen LogP contribution is 2.34. The zero-order valence-corrected chi connectivity index (χ0v) is 13.2. The number of halogens is 6. The average Bonchev–Trinajstić information content (AvgIpc) is 2.51. The Morgan fingerprint density at radius 2 is 1.56 bits per heavy atom. The van der Waals surface area contributed by atoms with Crippen molar-refractivity contribution >= 4 is 0 Å². The lowest BCUT2D eigenvalue weighted by Gasteiger charge is -2.30. The van der Waals surface area contributed by atoms with Gasteiger partial charge in [-0.3, -0.25) is 0 Å². The van der Waals surface area contributed by atoms with E-state index in [9.17, 15) is 26.3 Å². The summed E-state index contributed by atoms with van der Waals surface area (Å²) in [5.74, 6) is -0.140. The first-order chi connectivity index (χ1) is 11.5. The van der Waals surface area contributed by atoms with Crippen molar-refractivity contribution in [3.63, 3.8) is 0 Å². The van der Waals surface area contributed by atoms with E-state index in [0.717, 1.165) is 5.56 Å². The van der Waals surface area contributed by atoms with Gasteiger partial charge in [-0.15, -0.1) is 13.2 Å². The van der Waals surface area contributed by atoms with Crippen LogP contribution in [-0.4, -0.2) is 36.3 Å². The van der Waals surface area contributed by atoms with E-state index in [2.05, 4.69) is 10.1 Å². The molecule has 9 heteroatoms. The van der Waals surface area contributed by atoms with Gasteiger partial charge in [0.05, 0.1) is 0 Å². The van der Waals surface area contributed by atoms with Gasteiger partial charge in [-0.05, 0) is 49.3 Å². The van der Waals surface area contributed by atoms with Crippen molar-refractivity contribution in [3.05, 3.63) is 29.8 Å². The summed E-state index contributed by atoms with van der Waals surface area (Å²) >= 11 is 0. The van der Waals surface area contributed by atoms with Gasteiger partial charge in [0.1, 0.15) is 5.75 Å². The van der Waals surface area contributed by atoms with Crippen LogP contribution in [-0.2, 0) is 0 Å². The summed E-state index contributed by atoms with van der Waals surface area (Å²) in [6, 6.07) is 5.56. The molecule has 1 aromatic carbocycles. The molecule has 0 heterocycles. The molecule has 0 radical (unpaired) electrons. The van der Waals surface area contributed by atoms with E-state index in [4.69, 9.17) is 5.11 Å². The van der Waals surface area contributed by atoms with E-state index in [0.29, 0.717) is 25.7 Å². The minimum Gasteiger partial charge on any atom is -0.406 e. The van der Waals surface area contributed by atoms with Crippen LogP contribution in [0.15, 0.2) is 24.3 Å². The number of rotatable bonds is 5. The third-order valence-corrected chi connectivity index (χ3v) is 4.29. The van der Waals surface area contributed by atoms with Crippen molar-refractivity contribution in [1.29, 1.82) is 0 Å². The molecular formula is C16H19F6NO2. The lowest BCUT2D eigenvalue weighted by Crippen LogP contribution is -2.43. The second-order valence-corrected chi connectivity index (χ2v) is 6.13. The summed E-state index contributed by atoms with van der Waals surface area (Å²) in [6.07, 6.45) is -9.06. The Hall–Kier alpha value is -1.48. The fourth-order valence-corrected chi connectivity index (χ4v) is 2.97. The van der Waals surface area contributed by atoms with E-state index in [1.165, 1.54) is 12.1 Å². The fourth-order valence-electron chi connectivity index (χ4n) is 2.97. The largest absolute Gasteiger partial charge is 0.573 e. The van der Waals surface area contributed by atoms with E-state index in [1.807, 2.05) is 0 Å². The van der Waals surface area contributed by atoms with E-state index >= 15 is 0 Å². The molecule has 1 atom stereocenters. The van der Waals surface area contributed by atoms with Crippen molar-refractivity contribution in [1.82, 2.24) is 5.32 Å². The molecule has 1 aliphatic rings. The molecule has 0 aromatic heterocycles. The van der Waals surface area contributed by atoms with Crippen LogP contribution in [0.5, 0.6) is 5.75 Å². The smallest absolute Gasteiger partial charge is 0.406 e. The predicted molar refractivity (Wildman–Crippen MR) is 78.2 cm³/mol. The van der Waals surface area contributed by atoms with Crippen molar-refractivity contribution in [2.75, 3.05) is 6.54 Å². The first kappa shape index (κ1) is 19.8. The Kier molecular flexibility index (Phi) is 6.21. The molecule has 0 bridgehead atoms. The van der Waals surface area contributed by atoms with Gasteiger partial charge < -0.3 is 15.2 Å². The zero-order valence-electron chi connectivity index (χ0n) is 13.2. The van der Waals surface area contributed by atoms with Gasteiger partial charge in [-0.2, -0.15) is 13.2 Å². The highest BCUT2D eigenvalue weighted by Gasteiger charge is 2.38. The Balaban J connectivity index is 1.80. The number of aliphatic hydroxyl groups is 1. The van der Waals surface area contributed by atoms with Crippen molar-refractivity contribution in [2.45, 2.75) is 56.3 Å². The minimum absolute atomic E-state index is 0.110. The quantitative estimate of drug-likeness (QED) is 0.765. The van der Waals surface area contributed by atoms with Crippen LogP contribution in [0.3, 0.4) is 0 Å². The molecule has 2 rings (SSSR count). The summed E-state index contributed by atoms with van der Waals surface area (Å²) < 4.78 is 76.9. The van der Waals surface area contributed by atoms with Gasteiger partial charge in [-0.1, -0.05) is 12.1 Å². The van der Waals surface area contributed by atoms with E-state index < -0.39 is 25.2 Å². The highest BCUT2D eigenvalue weighted by atomic mass is 19.4. The third-order valence-electron chi connectivity index (χ3n) is 4.29. The number of hydrogen-bond donors (Lipinski definition) is 2. The average molecular weight is 371 g/mol. The van der Waals surface area contributed by atoms with Crippen molar-refractivity contribution in [2.24, 2.45) is 0 Å². The van der Waals surface area contributed by atoms with Gasteiger partial charge in [0.15, 0.2) is 6.10 Å². The normalized spacial score (nSPS) is 23.3. The molecular weight excluding hydrogens is 352 g/mol. The number of nitrogens with one attached hydrogen (secondary N) is 1. The zero-order chi connectivity index (χ0) is 18.7. The molecule has 1 saturated carbocycles. The first-order valence-electron chi connectivity index (χ1n) is 7.88. The van der Waals surface area contributed by atoms with Crippen LogP contribution < -0.4 is 10.1 Å².